The molecule has 0 saturated carbocycles. The Balaban J connectivity index is 2.68. The standard InChI is InChI=1S/C7H12F3N3/c1-3-6-12-11-4-13(6)5(2)7(8,9)10/h5,11H,3-4H2,1-2H3. The van der Waals surface area contributed by atoms with Gasteiger partial charge in [0.15, 0.2) is 0 Å². The second kappa shape index (κ2) is 3.43. The maximum absolute atomic E-state index is 12.3. The highest BCUT2D eigenvalue weighted by molar-refractivity contribution is 5.83. The van der Waals surface area contributed by atoms with Gasteiger partial charge >= 0.3 is 6.18 Å². The molecule has 0 fully saturated rings. The van der Waals surface area contributed by atoms with Crippen LogP contribution in [-0.4, -0.2) is 29.6 Å². The van der Waals surface area contributed by atoms with E-state index in [4.69, 9.17) is 0 Å². The first-order valence-electron chi connectivity index (χ1n) is 4.09. The van der Waals surface area contributed by atoms with Gasteiger partial charge in [-0.3, -0.25) is 5.43 Å². The van der Waals surface area contributed by atoms with Crippen molar-refractivity contribution in [1.82, 2.24) is 10.3 Å². The molecule has 0 bridgehead atoms. The van der Waals surface area contributed by atoms with Crippen LogP contribution in [0.15, 0.2) is 5.10 Å². The van der Waals surface area contributed by atoms with Gasteiger partial charge in [0, 0.05) is 6.42 Å². The molecule has 0 aromatic rings. The highest BCUT2D eigenvalue weighted by Gasteiger charge is 2.41. The summed E-state index contributed by atoms with van der Waals surface area (Å²) in [4.78, 5) is 1.22. The van der Waals surface area contributed by atoms with Crippen molar-refractivity contribution in [2.24, 2.45) is 5.10 Å². The number of hydrogen-bond donors (Lipinski definition) is 1. The molecular formula is C7H12F3N3. The maximum atomic E-state index is 12.3. The van der Waals surface area contributed by atoms with E-state index in [1.165, 1.54) is 4.90 Å². The molecular weight excluding hydrogens is 183 g/mol. The van der Waals surface area contributed by atoms with Crippen LogP contribution >= 0.6 is 0 Å². The Kier molecular flexibility index (Phi) is 2.68. The molecule has 0 aromatic carbocycles. The molecule has 76 valence electrons. The van der Waals surface area contributed by atoms with E-state index in [0.29, 0.717) is 12.3 Å². The number of nitrogens with zero attached hydrogens (tertiary/aromatic N) is 2. The fourth-order valence-electron chi connectivity index (χ4n) is 1.18. The van der Waals surface area contributed by atoms with E-state index in [2.05, 4.69) is 10.5 Å². The van der Waals surface area contributed by atoms with Crippen LogP contribution < -0.4 is 5.43 Å². The van der Waals surface area contributed by atoms with Gasteiger partial charge in [-0.2, -0.15) is 18.3 Å². The lowest BCUT2D eigenvalue weighted by Crippen LogP contribution is -2.46. The molecule has 0 radical (unpaired) electrons. The third kappa shape index (κ3) is 2.05. The minimum absolute atomic E-state index is 0.143. The molecule has 1 aliphatic rings. The van der Waals surface area contributed by atoms with E-state index in [0.717, 1.165) is 6.92 Å². The molecule has 1 unspecified atom stereocenters. The van der Waals surface area contributed by atoms with Gasteiger partial charge in [-0.15, -0.1) is 0 Å². The van der Waals surface area contributed by atoms with Crippen molar-refractivity contribution in [3.63, 3.8) is 0 Å². The lowest BCUT2D eigenvalue weighted by molar-refractivity contribution is -0.168. The van der Waals surface area contributed by atoms with Crippen LogP contribution in [0.2, 0.25) is 0 Å². The van der Waals surface area contributed by atoms with Gasteiger partial charge in [0.25, 0.3) is 0 Å². The Labute approximate surface area is 74.6 Å². The Bertz CT molecular complexity index is 212. The fraction of sp³-hybridized carbons (Fsp3) is 0.857. The first-order valence-corrected chi connectivity index (χ1v) is 4.09. The molecule has 1 heterocycles. The van der Waals surface area contributed by atoms with E-state index in [-0.39, 0.29) is 6.67 Å². The quantitative estimate of drug-likeness (QED) is 0.723. The summed E-state index contributed by atoms with van der Waals surface area (Å²) in [5.41, 5.74) is 2.54. The smallest absolute Gasteiger partial charge is 0.328 e. The van der Waals surface area contributed by atoms with E-state index >= 15 is 0 Å². The largest absolute Gasteiger partial charge is 0.408 e. The average molecular weight is 195 g/mol. The van der Waals surface area contributed by atoms with Gasteiger partial charge in [0.2, 0.25) is 0 Å². The van der Waals surface area contributed by atoms with Crippen molar-refractivity contribution in [2.45, 2.75) is 32.5 Å². The number of halogens is 3. The summed E-state index contributed by atoms with van der Waals surface area (Å²) in [6.45, 7) is 3.06. The molecule has 1 rings (SSSR count). The van der Waals surface area contributed by atoms with Crippen molar-refractivity contribution in [3.8, 4) is 0 Å². The minimum Gasteiger partial charge on any atom is -0.328 e. The van der Waals surface area contributed by atoms with Crippen LogP contribution in [0.4, 0.5) is 13.2 Å². The van der Waals surface area contributed by atoms with Crippen molar-refractivity contribution >= 4 is 5.84 Å². The molecule has 0 aromatic heterocycles. The predicted molar refractivity (Wildman–Crippen MR) is 43.1 cm³/mol. The summed E-state index contributed by atoms with van der Waals surface area (Å²) in [6.07, 6.45) is -3.69. The van der Waals surface area contributed by atoms with E-state index in [9.17, 15) is 13.2 Å². The Morgan fingerprint density at radius 3 is 2.69 bits per heavy atom. The van der Waals surface area contributed by atoms with Crippen LogP contribution in [0.1, 0.15) is 20.3 Å². The van der Waals surface area contributed by atoms with Gasteiger partial charge < -0.3 is 4.90 Å². The first kappa shape index (κ1) is 10.1. The lowest BCUT2D eigenvalue weighted by Gasteiger charge is -2.27. The zero-order valence-corrected chi connectivity index (χ0v) is 7.52. The Morgan fingerprint density at radius 2 is 2.23 bits per heavy atom. The van der Waals surface area contributed by atoms with E-state index in [1.807, 2.05) is 0 Å². The molecule has 3 nitrogen and oxygen atoms in total. The molecule has 1 N–H and O–H groups in total. The molecule has 13 heavy (non-hydrogen) atoms. The first-order chi connectivity index (χ1) is 5.96. The van der Waals surface area contributed by atoms with Crippen molar-refractivity contribution in [3.05, 3.63) is 0 Å². The minimum atomic E-state index is -4.19. The summed E-state index contributed by atoms with van der Waals surface area (Å²) >= 11 is 0. The Hall–Kier alpha value is -0.940. The second-order valence-corrected chi connectivity index (χ2v) is 2.89. The summed E-state index contributed by atoms with van der Waals surface area (Å²) in [6, 6.07) is -1.47. The SMILES string of the molecule is CCC1=NNCN1C(C)C(F)(F)F. The van der Waals surface area contributed by atoms with Crippen molar-refractivity contribution in [2.75, 3.05) is 6.67 Å². The van der Waals surface area contributed by atoms with Crippen LogP contribution in [-0.2, 0) is 0 Å². The normalized spacial score (nSPS) is 19.8. The maximum Gasteiger partial charge on any atom is 0.408 e. The third-order valence-electron chi connectivity index (χ3n) is 2.04. The monoisotopic (exact) mass is 195 g/mol. The molecule has 1 aliphatic heterocycles. The zero-order valence-electron chi connectivity index (χ0n) is 7.52. The average Bonchev–Trinajstić information content (AvgIpc) is 2.48. The summed E-state index contributed by atoms with van der Waals surface area (Å²) in [5, 5.41) is 3.76. The molecule has 1 atom stereocenters. The van der Waals surface area contributed by atoms with Crippen LogP contribution in [0.3, 0.4) is 0 Å². The van der Waals surface area contributed by atoms with E-state index < -0.39 is 12.2 Å². The topological polar surface area (TPSA) is 27.6 Å². The highest BCUT2D eigenvalue weighted by Crippen LogP contribution is 2.25. The fourth-order valence-corrected chi connectivity index (χ4v) is 1.18. The number of rotatable bonds is 2. The number of amidine groups is 1. The molecule has 6 heteroatoms. The van der Waals surface area contributed by atoms with Gasteiger partial charge in [-0.25, -0.2) is 0 Å². The van der Waals surface area contributed by atoms with Crippen LogP contribution in [0, 0.1) is 0 Å². The summed E-state index contributed by atoms with van der Waals surface area (Å²) in [7, 11) is 0. The molecule has 0 amide bonds. The van der Waals surface area contributed by atoms with E-state index in [1.54, 1.807) is 6.92 Å². The molecule has 0 saturated heterocycles. The number of hydrogen-bond acceptors (Lipinski definition) is 3. The predicted octanol–water partition coefficient (Wildman–Crippen LogP) is 1.52. The van der Waals surface area contributed by atoms with Crippen molar-refractivity contribution in [1.29, 1.82) is 0 Å². The van der Waals surface area contributed by atoms with Gasteiger partial charge in [0.1, 0.15) is 18.5 Å². The van der Waals surface area contributed by atoms with Gasteiger partial charge in [-0.05, 0) is 6.92 Å². The zero-order chi connectivity index (χ0) is 10.1. The Morgan fingerprint density at radius 1 is 1.62 bits per heavy atom. The van der Waals surface area contributed by atoms with Crippen molar-refractivity contribution < 1.29 is 13.2 Å². The summed E-state index contributed by atoms with van der Waals surface area (Å²) in [5.74, 6) is 0.463. The number of hydrazone groups is 1. The second-order valence-electron chi connectivity index (χ2n) is 2.89. The molecule has 0 aliphatic carbocycles. The highest BCUT2D eigenvalue weighted by atomic mass is 19.4. The van der Waals surface area contributed by atoms with Gasteiger partial charge in [-0.1, -0.05) is 6.92 Å². The third-order valence-corrected chi connectivity index (χ3v) is 2.04. The molecule has 0 spiro atoms. The van der Waals surface area contributed by atoms with Crippen LogP contribution in [0.5, 0.6) is 0 Å². The van der Waals surface area contributed by atoms with Crippen LogP contribution in [0.25, 0.3) is 0 Å². The van der Waals surface area contributed by atoms with Gasteiger partial charge in [0.05, 0.1) is 0 Å². The number of nitrogens with one attached hydrogen (secondary N) is 1. The lowest BCUT2D eigenvalue weighted by atomic mass is 10.2. The number of alkyl halides is 3. The summed E-state index contributed by atoms with van der Waals surface area (Å²) < 4.78 is 36.9.